The minimum atomic E-state index is -0.774. The highest BCUT2D eigenvalue weighted by molar-refractivity contribution is 5.85. The van der Waals surface area contributed by atoms with E-state index in [1.165, 1.54) is 0 Å². The van der Waals surface area contributed by atoms with Crippen molar-refractivity contribution in [1.29, 1.82) is 0 Å². The lowest BCUT2D eigenvalue weighted by atomic mass is 9.49. The fourth-order valence-corrected chi connectivity index (χ4v) is 6.18. The van der Waals surface area contributed by atoms with Crippen LogP contribution >= 0.6 is 0 Å². The summed E-state index contributed by atoms with van der Waals surface area (Å²) < 4.78 is 0. The number of aliphatic carboxylic acids is 1. The highest BCUT2D eigenvalue weighted by Crippen LogP contribution is 2.62. The number of carbonyl (C=O) groups is 2. The predicted molar refractivity (Wildman–Crippen MR) is 86.9 cm³/mol. The molecule has 0 unspecified atom stereocenters. The zero-order chi connectivity index (χ0) is 16.8. The van der Waals surface area contributed by atoms with Gasteiger partial charge in [0.25, 0.3) is 0 Å². The van der Waals surface area contributed by atoms with Gasteiger partial charge in [-0.25, -0.2) is 0 Å². The van der Waals surface area contributed by atoms with Crippen LogP contribution in [-0.4, -0.2) is 28.1 Å². The zero-order valence-corrected chi connectivity index (χ0v) is 14.4. The molecule has 3 saturated carbocycles. The second kappa shape index (κ2) is 5.87. The molecule has 23 heavy (non-hydrogen) atoms. The smallest absolute Gasteiger partial charge is 0.303 e. The first kappa shape index (κ1) is 16.9. The molecule has 3 fully saturated rings. The van der Waals surface area contributed by atoms with Crippen LogP contribution in [0.2, 0.25) is 0 Å². The number of hydrogen-bond acceptors (Lipinski definition) is 3. The summed E-state index contributed by atoms with van der Waals surface area (Å²) in [4.78, 5) is 23.5. The number of carboxylic acid groups (broad SMARTS) is 1. The van der Waals surface area contributed by atoms with Crippen molar-refractivity contribution < 1.29 is 19.8 Å². The van der Waals surface area contributed by atoms with Crippen molar-refractivity contribution in [2.45, 2.75) is 77.7 Å². The van der Waals surface area contributed by atoms with E-state index in [9.17, 15) is 14.7 Å². The van der Waals surface area contributed by atoms with E-state index in [2.05, 4.69) is 13.8 Å². The molecule has 4 nitrogen and oxygen atoms in total. The van der Waals surface area contributed by atoms with Gasteiger partial charge in [-0.15, -0.1) is 0 Å². The lowest BCUT2D eigenvalue weighted by Crippen LogP contribution is -2.52. The molecule has 4 heteroatoms. The average molecular weight is 322 g/mol. The van der Waals surface area contributed by atoms with Gasteiger partial charge in [0.05, 0.1) is 6.10 Å². The Hall–Kier alpha value is -0.900. The normalized spacial score (nSPS) is 46.3. The van der Waals surface area contributed by atoms with Gasteiger partial charge in [-0.1, -0.05) is 13.8 Å². The quantitative estimate of drug-likeness (QED) is 0.831. The summed E-state index contributed by atoms with van der Waals surface area (Å²) in [6, 6.07) is 0. The van der Waals surface area contributed by atoms with Gasteiger partial charge in [-0.2, -0.15) is 0 Å². The number of aliphatic hydroxyl groups excluding tert-OH is 1. The lowest BCUT2D eigenvalue weighted by molar-refractivity contribution is -0.148. The van der Waals surface area contributed by atoms with E-state index in [4.69, 9.17) is 5.11 Å². The molecule has 0 aromatic carbocycles. The van der Waals surface area contributed by atoms with Crippen LogP contribution in [-0.2, 0) is 9.59 Å². The summed E-state index contributed by atoms with van der Waals surface area (Å²) in [5, 5.41) is 19.3. The van der Waals surface area contributed by atoms with Gasteiger partial charge in [0.1, 0.15) is 5.78 Å². The van der Waals surface area contributed by atoms with Crippen molar-refractivity contribution in [3.05, 3.63) is 0 Å². The van der Waals surface area contributed by atoms with E-state index in [0.717, 1.165) is 32.1 Å². The Bertz CT molecular complexity index is 502. The Balaban J connectivity index is 1.80. The first-order valence-electron chi connectivity index (χ1n) is 9.22. The number of hydrogen-bond donors (Lipinski definition) is 2. The first-order chi connectivity index (χ1) is 10.8. The summed E-state index contributed by atoms with van der Waals surface area (Å²) in [5.41, 5.74) is -0.323. The van der Waals surface area contributed by atoms with Crippen molar-refractivity contribution in [2.75, 3.05) is 0 Å². The summed E-state index contributed by atoms with van der Waals surface area (Å²) in [7, 11) is 0. The molecule has 0 radical (unpaired) electrons. The molecule has 130 valence electrons. The predicted octanol–water partition coefficient (Wildman–Crippen LogP) is 3.41. The van der Waals surface area contributed by atoms with Crippen LogP contribution in [0.3, 0.4) is 0 Å². The third kappa shape index (κ3) is 2.63. The van der Waals surface area contributed by atoms with Gasteiger partial charge in [-0.05, 0) is 68.1 Å². The third-order valence-corrected chi connectivity index (χ3v) is 7.63. The molecule has 0 bridgehead atoms. The molecule has 3 rings (SSSR count). The Morgan fingerprint density at radius 3 is 2.61 bits per heavy atom. The molecule has 0 spiro atoms. The molecule has 0 aromatic rings. The number of carbonyl (C=O) groups excluding carboxylic acids is 1. The molecule has 0 aromatic heterocycles. The van der Waals surface area contributed by atoms with Crippen LogP contribution < -0.4 is 0 Å². The van der Waals surface area contributed by atoms with Crippen LogP contribution in [0.25, 0.3) is 0 Å². The maximum Gasteiger partial charge on any atom is 0.303 e. The fourth-order valence-electron chi connectivity index (χ4n) is 6.18. The molecule has 2 N–H and O–H groups in total. The van der Waals surface area contributed by atoms with E-state index in [1.54, 1.807) is 0 Å². The number of ketones is 1. The molecular weight excluding hydrogens is 292 g/mol. The molecule has 6 atom stereocenters. The maximum atomic E-state index is 12.7. The fraction of sp³-hybridized carbons (Fsp3) is 0.895. The minimum Gasteiger partial charge on any atom is -0.481 e. The van der Waals surface area contributed by atoms with Crippen LogP contribution in [0, 0.1) is 28.6 Å². The molecule has 0 aliphatic heterocycles. The van der Waals surface area contributed by atoms with Crippen LogP contribution in [0.1, 0.15) is 71.6 Å². The molecular formula is C19H30O4. The average Bonchev–Trinajstić information content (AvgIpc) is 2.79. The van der Waals surface area contributed by atoms with E-state index >= 15 is 0 Å². The van der Waals surface area contributed by atoms with E-state index in [0.29, 0.717) is 42.8 Å². The molecule has 0 heterocycles. The van der Waals surface area contributed by atoms with Crippen molar-refractivity contribution in [2.24, 2.45) is 28.6 Å². The molecule has 3 aliphatic carbocycles. The van der Waals surface area contributed by atoms with Crippen molar-refractivity contribution in [1.82, 2.24) is 0 Å². The van der Waals surface area contributed by atoms with Gasteiger partial charge in [-0.3, -0.25) is 9.59 Å². The monoisotopic (exact) mass is 322 g/mol. The van der Waals surface area contributed by atoms with Crippen LogP contribution in [0.4, 0.5) is 0 Å². The highest BCUT2D eigenvalue weighted by Gasteiger charge is 2.59. The van der Waals surface area contributed by atoms with Gasteiger partial charge >= 0.3 is 5.97 Å². The maximum absolute atomic E-state index is 12.7. The standard InChI is InChI=1S/C19H30O4/c1-18(10-3-4-17(22)23)14-9-11-19(2)13(6-8-16(19)21)12(14)5-7-15(18)20/h12-14,16,21H,3-11H2,1-2H3,(H,22,23)/t12-,13-,14-,16-,18+,19-/m0/s1. The number of carboxylic acids is 1. The van der Waals surface area contributed by atoms with Crippen molar-refractivity contribution in [3.8, 4) is 0 Å². The summed E-state index contributed by atoms with van der Waals surface area (Å²) in [6.45, 7) is 4.33. The van der Waals surface area contributed by atoms with Crippen LogP contribution in [0.5, 0.6) is 0 Å². The van der Waals surface area contributed by atoms with Gasteiger partial charge in [0.2, 0.25) is 0 Å². The first-order valence-corrected chi connectivity index (χ1v) is 9.22. The Morgan fingerprint density at radius 1 is 1.17 bits per heavy atom. The van der Waals surface area contributed by atoms with Crippen molar-refractivity contribution in [3.63, 3.8) is 0 Å². The van der Waals surface area contributed by atoms with E-state index in [1.807, 2.05) is 0 Å². The van der Waals surface area contributed by atoms with Gasteiger partial charge in [0, 0.05) is 18.3 Å². The molecule has 0 amide bonds. The second-order valence-corrected chi connectivity index (χ2v) is 8.64. The van der Waals surface area contributed by atoms with E-state index < -0.39 is 5.97 Å². The topological polar surface area (TPSA) is 74.6 Å². The number of fused-ring (bicyclic) bond motifs is 3. The third-order valence-electron chi connectivity index (χ3n) is 7.63. The number of rotatable bonds is 4. The summed E-state index contributed by atoms with van der Waals surface area (Å²) >= 11 is 0. The number of Topliss-reactive ketones (excluding diaryl/α,β-unsaturated/α-hetero) is 1. The zero-order valence-electron chi connectivity index (χ0n) is 14.4. The minimum absolute atomic E-state index is 0.0313. The molecule has 3 aliphatic rings. The Morgan fingerprint density at radius 2 is 1.91 bits per heavy atom. The number of aliphatic hydroxyl groups is 1. The van der Waals surface area contributed by atoms with E-state index in [-0.39, 0.29) is 23.4 Å². The highest BCUT2D eigenvalue weighted by atomic mass is 16.4. The largest absolute Gasteiger partial charge is 0.481 e. The Labute approximate surface area is 138 Å². The SMILES string of the molecule is C[C@]12CC[C@H]3[C@@H](CCC(=O)[C@]3(C)CCCC(=O)O)[C@@H]1CC[C@@H]2O. The molecule has 0 saturated heterocycles. The van der Waals surface area contributed by atoms with Crippen molar-refractivity contribution >= 4 is 11.8 Å². The van der Waals surface area contributed by atoms with Gasteiger partial charge in [0.15, 0.2) is 0 Å². The lowest BCUT2D eigenvalue weighted by Gasteiger charge is -2.55. The van der Waals surface area contributed by atoms with Gasteiger partial charge < -0.3 is 10.2 Å². The Kier molecular flexibility index (Phi) is 4.33. The second-order valence-electron chi connectivity index (χ2n) is 8.64. The summed E-state index contributed by atoms with van der Waals surface area (Å²) in [5.74, 6) is 0.998. The van der Waals surface area contributed by atoms with Crippen LogP contribution in [0.15, 0.2) is 0 Å². The summed E-state index contributed by atoms with van der Waals surface area (Å²) in [6.07, 6.45) is 6.83.